The molecule has 0 saturated heterocycles. The van der Waals surface area contributed by atoms with Crippen LogP contribution >= 0.6 is 0 Å². The minimum atomic E-state index is -0.269. The van der Waals surface area contributed by atoms with Crippen LogP contribution in [0.4, 0.5) is 11.4 Å². The maximum Gasteiger partial charge on any atom is 0.255 e. The molecule has 1 aliphatic carbocycles. The van der Waals surface area contributed by atoms with Crippen LogP contribution < -0.4 is 16.8 Å². The predicted octanol–water partition coefficient (Wildman–Crippen LogP) is 4.09. The van der Waals surface area contributed by atoms with Crippen molar-refractivity contribution in [2.24, 2.45) is 16.5 Å². The van der Waals surface area contributed by atoms with Gasteiger partial charge in [0.05, 0.1) is 17.6 Å². The van der Waals surface area contributed by atoms with E-state index in [9.17, 15) is 9.59 Å². The molecule has 1 aliphatic heterocycles. The number of aromatic nitrogens is 1. The molecule has 2 amide bonds. The topological polar surface area (TPSA) is 127 Å². The summed E-state index contributed by atoms with van der Waals surface area (Å²) in [5.41, 5.74) is 17.4. The van der Waals surface area contributed by atoms with Crippen LogP contribution in [0.5, 0.6) is 0 Å². The fourth-order valence-corrected chi connectivity index (χ4v) is 4.68. The Balaban J connectivity index is 1.56. The number of aliphatic imine (C=N–C) groups is 1. The summed E-state index contributed by atoms with van der Waals surface area (Å²) < 4.78 is 0. The first-order valence-corrected chi connectivity index (χ1v) is 12.4. The first-order chi connectivity index (χ1) is 16.9. The summed E-state index contributed by atoms with van der Waals surface area (Å²) in [5.74, 6) is 0.0654. The van der Waals surface area contributed by atoms with Crippen LogP contribution in [0.3, 0.4) is 0 Å². The lowest BCUT2D eigenvalue weighted by Gasteiger charge is -2.22. The lowest BCUT2D eigenvalue weighted by molar-refractivity contribution is -0.127. The minimum Gasteiger partial charge on any atom is -0.387 e. The minimum absolute atomic E-state index is 0.0142. The third-order valence-corrected chi connectivity index (χ3v) is 6.40. The van der Waals surface area contributed by atoms with Crippen molar-refractivity contribution in [3.8, 4) is 0 Å². The highest BCUT2D eigenvalue weighted by atomic mass is 16.2. The van der Waals surface area contributed by atoms with E-state index in [1.165, 1.54) is 0 Å². The Labute approximate surface area is 206 Å². The van der Waals surface area contributed by atoms with Crippen LogP contribution in [-0.4, -0.2) is 40.6 Å². The Morgan fingerprint density at radius 2 is 1.94 bits per heavy atom. The van der Waals surface area contributed by atoms with E-state index in [2.05, 4.69) is 29.1 Å². The molecule has 1 aromatic heterocycles. The van der Waals surface area contributed by atoms with Gasteiger partial charge in [-0.15, -0.1) is 0 Å². The maximum atomic E-state index is 13.2. The molecule has 0 spiro atoms. The first-order valence-electron chi connectivity index (χ1n) is 12.4. The summed E-state index contributed by atoms with van der Waals surface area (Å²) in [4.78, 5) is 37.0. The number of hydrogen-bond donors (Lipinski definition) is 3. The summed E-state index contributed by atoms with van der Waals surface area (Å²) >= 11 is 0. The number of aryl methyl sites for hydroxylation is 1. The number of rotatable bonds is 7. The summed E-state index contributed by atoms with van der Waals surface area (Å²) in [5, 5.41) is 2.92. The van der Waals surface area contributed by atoms with E-state index < -0.39 is 0 Å². The Hall–Kier alpha value is -3.52. The van der Waals surface area contributed by atoms with Gasteiger partial charge in [-0.2, -0.15) is 0 Å². The van der Waals surface area contributed by atoms with Gasteiger partial charge >= 0.3 is 0 Å². The largest absolute Gasteiger partial charge is 0.387 e. The Morgan fingerprint density at radius 1 is 1.17 bits per heavy atom. The summed E-state index contributed by atoms with van der Waals surface area (Å²) in [6.07, 6.45) is 8.44. The van der Waals surface area contributed by atoms with Crippen molar-refractivity contribution in [3.05, 3.63) is 58.4 Å². The zero-order valence-electron chi connectivity index (χ0n) is 20.5. The second kappa shape index (κ2) is 10.8. The smallest absolute Gasteiger partial charge is 0.255 e. The highest BCUT2D eigenvalue weighted by molar-refractivity contribution is 6.07. The molecule has 1 atom stereocenters. The molecule has 1 aromatic carbocycles. The van der Waals surface area contributed by atoms with Gasteiger partial charge in [-0.3, -0.25) is 14.6 Å². The summed E-state index contributed by atoms with van der Waals surface area (Å²) in [6, 6.07) is 7.11. The highest BCUT2D eigenvalue weighted by Crippen LogP contribution is 2.30. The van der Waals surface area contributed by atoms with Crippen molar-refractivity contribution in [2.75, 3.05) is 18.4 Å². The van der Waals surface area contributed by atoms with Crippen molar-refractivity contribution in [3.63, 3.8) is 0 Å². The van der Waals surface area contributed by atoms with Gasteiger partial charge in [-0.1, -0.05) is 19.9 Å². The Morgan fingerprint density at radius 3 is 2.69 bits per heavy atom. The van der Waals surface area contributed by atoms with E-state index in [-0.39, 0.29) is 24.3 Å². The van der Waals surface area contributed by atoms with Crippen LogP contribution in [0.15, 0.2) is 41.0 Å². The fourth-order valence-electron chi connectivity index (χ4n) is 4.68. The van der Waals surface area contributed by atoms with E-state index in [0.29, 0.717) is 41.4 Å². The highest BCUT2D eigenvalue weighted by Gasteiger charge is 2.22. The molecule has 2 aliphatic rings. The van der Waals surface area contributed by atoms with E-state index in [4.69, 9.17) is 11.5 Å². The number of nitrogens with one attached hydrogen (secondary N) is 1. The molecule has 2 heterocycles. The Bertz CT molecular complexity index is 1180. The van der Waals surface area contributed by atoms with Crippen LogP contribution in [0.1, 0.15) is 79.2 Å². The van der Waals surface area contributed by atoms with Gasteiger partial charge < -0.3 is 21.7 Å². The van der Waals surface area contributed by atoms with Crippen LogP contribution in [-0.2, 0) is 11.2 Å². The molecule has 35 heavy (non-hydrogen) atoms. The molecule has 1 unspecified atom stereocenters. The molecule has 0 radical (unpaired) electrons. The van der Waals surface area contributed by atoms with Crippen molar-refractivity contribution < 1.29 is 9.59 Å². The number of nitrogens with two attached hydrogens (primary N) is 2. The maximum absolute atomic E-state index is 13.2. The van der Waals surface area contributed by atoms with Gasteiger partial charge in [-0.25, -0.2) is 4.99 Å². The van der Waals surface area contributed by atoms with E-state index in [1.807, 2.05) is 23.1 Å². The summed E-state index contributed by atoms with van der Waals surface area (Å²) in [6.45, 7) is 5.53. The third-order valence-electron chi connectivity index (χ3n) is 6.40. The molecule has 4 rings (SSSR count). The first kappa shape index (κ1) is 24.6. The second-order valence-electron chi connectivity index (χ2n) is 9.23. The molecule has 184 valence electrons. The fraction of sp³-hybridized carbons (Fsp3) is 0.407. The monoisotopic (exact) mass is 474 g/mol. The predicted molar refractivity (Wildman–Crippen MR) is 140 cm³/mol. The number of amidine groups is 1. The number of pyridine rings is 1. The molecular formula is C27H34N6O2. The number of carbonyl (C=O) groups is 2. The molecule has 0 fully saturated rings. The number of fused-ring (bicyclic) bond motifs is 2. The van der Waals surface area contributed by atoms with Gasteiger partial charge in [0.15, 0.2) is 0 Å². The average molecular weight is 475 g/mol. The molecule has 2 aromatic rings. The van der Waals surface area contributed by atoms with Crippen molar-refractivity contribution >= 4 is 35.1 Å². The number of amides is 2. The molecule has 8 heteroatoms. The quantitative estimate of drug-likeness (QED) is 0.557. The lowest BCUT2D eigenvalue weighted by atomic mass is 9.92. The van der Waals surface area contributed by atoms with E-state index in [0.717, 1.165) is 48.9 Å². The van der Waals surface area contributed by atoms with Crippen LogP contribution in [0.2, 0.25) is 0 Å². The SMILES string of the molecule is CCCN(CCC)C(=O)C1=Cc2ccc(C(=O)Nc3cnc4c(c3)C(N)CCC4)cc2N=C(N)C1. The van der Waals surface area contributed by atoms with Crippen molar-refractivity contribution in [1.29, 1.82) is 0 Å². The van der Waals surface area contributed by atoms with E-state index in [1.54, 1.807) is 18.3 Å². The Kier molecular flexibility index (Phi) is 7.60. The second-order valence-corrected chi connectivity index (χ2v) is 9.23. The van der Waals surface area contributed by atoms with Crippen molar-refractivity contribution in [1.82, 2.24) is 9.88 Å². The third kappa shape index (κ3) is 5.59. The van der Waals surface area contributed by atoms with Crippen molar-refractivity contribution in [2.45, 2.75) is 58.4 Å². The van der Waals surface area contributed by atoms with Gasteiger partial charge in [0.2, 0.25) is 5.91 Å². The molecular weight excluding hydrogens is 440 g/mol. The van der Waals surface area contributed by atoms with Gasteiger partial charge in [0, 0.05) is 47.9 Å². The number of benzene rings is 1. The average Bonchev–Trinajstić information content (AvgIpc) is 3.01. The molecule has 8 nitrogen and oxygen atoms in total. The van der Waals surface area contributed by atoms with Crippen LogP contribution in [0.25, 0.3) is 6.08 Å². The lowest BCUT2D eigenvalue weighted by Crippen LogP contribution is -2.34. The van der Waals surface area contributed by atoms with Crippen LogP contribution in [0, 0.1) is 0 Å². The van der Waals surface area contributed by atoms with Gasteiger partial charge in [-0.05, 0) is 61.9 Å². The number of nitrogens with zero attached hydrogens (tertiary/aromatic N) is 3. The summed E-state index contributed by atoms with van der Waals surface area (Å²) in [7, 11) is 0. The number of hydrogen-bond acceptors (Lipinski definition) is 6. The zero-order chi connectivity index (χ0) is 24.9. The van der Waals surface area contributed by atoms with Gasteiger partial charge in [0.1, 0.15) is 5.84 Å². The molecule has 0 bridgehead atoms. The molecule has 5 N–H and O–H groups in total. The number of anilines is 1. The number of carbonyl (C=O) groups excluding carboxylic acids is 2. The van der Waals surface area contributed by atoms with Gasteiger partial charge in [0.25, 0.3) is 5.91 Å². The molecule has 0 saturated carbocycles. The zero-order valence-corrected chi connectivity index (χ0v) is 20.5. The normalized spacial score (nSPS) is 16.8. The van der Waals surface area contributed by atoms with E-state index >= 15 is 0 Å². The standard InChI is InChI=1S/C27H34N6O2/c1-3-10-33(11-4-2)27(35)19-12-17-8-9-18(13-24(17)32-25(29)14-19)26(34)31-20-15-21-22(28)6-5-7-23(21)30-16-20/h8-9,12-13,15-16,22H,3-7,10-11,14,28H2,1-2H3,(H2,29,32)(H,31,34).